The summed E-state index contributed by atoms with van der Waals surface area (Å²) in [5, 5.41) is 6.92. The molecule has 6 heteroatoms. The first-order chi connectivity index (χ1) is 9.78. The van der Waals surface area contributed by atoms with Gasteiger partial charge in [-0.15, -0.1) is 0 Å². The number of amides is 1. The highest BCUT2D eigenvalue weighted by atomic mass is 16.5. The normalized spacial score (nSPS) is 10.4. The van der Waals surface area contributed by atoms with E-state index < -0.39 is 0 Å². The van der Waals surface area contributed by atoms with Gasteiger partial charge in [0.1, 0.15) is 6.61 Å². The van der Waals surface area contributed by atoms with Crippen LogP contribution >= 0.6 is 0 Å². The van der Waals surface area contributed by atoms with E-state index in [1.54, 1.807) is 17.1 Å². The molecule has 0 spiro atoms. The number of hydrogen-bond donors (Lipinski definition) is 2. The Morgan fingerprint density at radius 2 is 2.15 bits per heavy atom. The van der Waals surface area contributed by atoms with Crippen molar-refractivity contribution < 1.29 is 9.53 Å². The Balaban J connectivity index is 1.84. The van der Waals surface area contributed by atoms with Crippen molar-refractivity contribution in [2.75, 3.05) is 25.1 Å². The van der Waals surface area contributed by atoms with Crippen molar-refractivity contribution in [3.05, 3.63) is 48.3 Å². The maximum Gasteiger partial charge on any atom is 0.250 e. The number of carbonyl (C=O) groups is 1. The first-order valence-corrected chi connectivity index (χ1v) is 6.42. The molecular formula is C14H18N4O2. The number of benzene rings is 1. The van der Waals surface area contributed by atoms with E-state index in [4.69, 9.17) is 10.5 Å². The van der Waals surface area contributed by atoms with Gasteiger partial charge in [-0.3, -0.25) is 9.48 Å². The zero-order valence-corrected chi connectivity index (χ0v) is 11.2. The molecule has 1 aromatic heterocycles. The van der Waals surface area contributed by atoms with E-state index in [1.807, 2.05) is 30.3 Å². The SMILES string of the molecule is NCCOCC(=O)Nc1cnn(Cc2ccccc2)c1. The fourth-order valence-corrected chi connectivity index (χ4v) is 1.73. The van der Waals surface area contributed by atoms with Crippen LogP contribution in [0.3, 0.4) is 0 Å². The van der Waals surface area contributed by atoms with Crippen molar-refractivity contribution in [2.45, 2.75) is 6.54 Å². The average molecular weight is 274 g/mol. The number of anilines is 1. The van der Waals surface area contributed by atoms with Crippen LogP contribution in [0.2, 0.25) is 0 Å². The number of ether oxygens (including phenoxy) is 1. The molecule has 2 rings (SSSR count). The lowest BCUT2D eigenvalue weighted by Gasteiger charge is -2.03. The summed E-state index contributed by atoms with van der Waals surface area (Å²) >= 11 is 0. The van der Waals surface area contributed by atoms with Gasteiger partial charge in [0.05, 0.1) is 25.0 Å². The molecule has 6 nitrogen and oxygen atoms in total. The van der Waals surface area contributed by atoms with Gasteiger partial charge in [-0.25, -0.2) is 0 Å². The number of nitrogens with two attached hydrogens (primary N) is 1. The van der Waals surface area contributed by atoms with Gasteiger partial charge in [-0.1, -0.05) is 30.3 Å². The van der Waals surface area contributed by atoms with Gasteiger partial charge >= 0.3 is 0 Å². The number of hydrogen-bond acceptors (Lipinski definition) is 4. The average Bonchev–Trinajstić information content (AvgIpc) is 2.87. The van der Waals surface area contributed by atoms with E-state index in [0.29, 0.717) is 25.4 Å². The molecule has 106 valence electrons. The summed E-state index contributed by atoms with van der Waals surface area (Å²) in [6.07, 6.45) is 3.40. The summed E-state index contributed by atoms with van der Waals surface area (Å²) in [5.41, 5.74) is 7.08. The Kier molecular flexibility index (Phi) is 5.28. The Morgan fingerprint density at radius 3 is 2.90 bits per heavy atom. The highest BCUT2D eigenvalue weighted by Gasteiger charge is 2.04. The van der Waals surface area contributed by atoms with Crippen molar-refractivity contribution >= 4 is 11.6 Å². The highest BCUT2D eigenvalue weighted by molar-refractivity contribution is 5.91. The summed E-state index contributed by atoms with van der Waals surface area (Å²) in [6, 6.07) is 9.99. The number of carbonyl (C=O) groups excluding carboxylic acids is 1. The zero-order chi connectivity index (χ0) is 14.2. The fourth-order valence-electron chi connectivity index (χ4n) is 1.73. The van der Waals surface area contributed by atoms with E-state index in [0.717, 1.165) is 5.56 Å². The summed E-state index contributed by atoms with van der Waals surface area (Å²) in [6.45, 7) is 1.45. The van der Waals surface area contributed by atoms with Crippen molar-refractivity contribution in [1.29, 1.82) is 0 Å². The van der Waals surface area contributed by atoms with Crippen LogP contribution in [0.5, 0.6) is 0 Å². The van der Waals surface area contributed by atoms with Crippen molar-refractivity contribution in [1.82, 2.24) is 9.78 Å². The van der Waals surface area contributed by atoms with Crippen LogP contribution in [0.4, 0.5) is 5.69 Å². The van der Waals surface area contributed by atoms with Gasteiger partial charge in [-0.05, 0) is 5.56 Å². The molecule has 0 aliphatic rings. The van der Waals surface area contributed by atoms with E-state index in [2.05, 4.69) is 10.4 Å². The first kappa shape index (κ1) is 14.2. The lowest BCUT2D eigenvalue weighted by Crippen LogP contribution is -2.20. The number of nitrogens with one attached hydrogen (secondary N) is 1. The van der Waals surface area contributed by atoms with E-state index in [9.17, 15) is 4.79 Å². The quantitative estimate of drug-likeness (QED) is 0.733. The molecule has 0 radical (unpaired) electrons. The second-order valence-electron chi connectivity index (χ2n) is 4.30. The third-order valence-corrected chi connectivity index (χ3v) is 2.60. The lowest BCUT2D eigenvalue weighted by molar-refractivity contribution is -0.120. The molecule has 20 heavy (non-hydrogen) atoms. The standard InChI is InChI=1S/C14H18N4O2/c15-6-7-20-11-14(19)17-13-8-16-18(10-13)9-12-4-2-1-3-5-12/h1-5,8,10H,6-7,9,11,15H2,(H,17,19). The third-order valence-electron chi connectivity index (χ3n) is 2.60. The molecule has 0 bridgehead atoms. The van der Waals surface area contributed by atoms with Gasteiger partial charge in [0.15, 0.2) is 0 Å². The monoisotopic (exact) mass is 274 g/mol. The van der Waals surface area contributed by atoms with Gasteiger partial charge in [0.2, 0.25) is 5.91 Å². The van der Waals surface area contributed by atoms with Gasteiger partial charge in [-0.2, -0.15) is 5.10 Å². The van der Waals surface area contributed by atoms with Crippen molar-refractivity contribution in [2.24, 2.45) is 5.73 Å². The molecule has 1 aromatic carbocycles. The Labute approximate surface area is 117 Å². The predicted octanol–water partition coefficient (Wildman–Crippen LogP) is 0.845. The minimum absolute atomic E-state index is 0.00106. The largest absolute Gasteiger partial charge is 0.370 e. The minimum Gasteiger partial charge on any atom is -0.370 e. The highest BCUT2D eigenvalue weighted by Crippen LogP contribution is 2.07. The zero-order valence-electron chi connectivity index (χ0n) is 11.2. The summed E-state index contributed by atoms with van der Waals surface area (Å²) in [7, 11) is 0. The molecule has 0 atom stereocenters. The molecule has 1 heterocycles. The molecule has 0 aliphatic carbocycles. The van der Waals surface area contributed by atoms with Crippen LogP contribution in [-0.2, 0) is 16.1 Å². The first-order valence-electron chi connectivity index (χ1n) is 6.42. The number of nitrogens with zero attached hydrogens (tertiary/aromatic N) is 2. The molecular weight excluding hydrogens is 256 g/mol. The molecule has 3 N–H and O–H groups in total. The summed E-state index contributed by atoms with van der Waals surface area (Å²) in [4.78, 5) is 11.5. The second kappa shape index (κ2) is 7.42. The fraction of sp³-hybridized carbons (Fsp3) is 0.286. The lowest BCUT2D eigenvalue weighted by atomic mass is 10.2. The minimum atomic E-state index is -0.210. The van der Waals surface area contributed by atoms with E-state index in [-0.39, 0.29) is 12.5 Å². The third kappa shape index (κ3) is 4.49. The van der Waals surface area contributed by atoms with Gasteiger partial charge in [0.25, 0.3) is 0 Å². The van der Waals surface area contributed by atoms with E-state index in [1.165, 1.54) is 0 Å². The topological polar surface area (TPSA) is 82.2 Å². The van der Waals surface area contributed by atoms with Crippen LogP contribution in [0.1, 0.15) is 5.56 Å². The molecule has 2 aromatic rings. The molecule has 0 fully saturated rings. The Morgan fingerprint density at radius 1 is 1.35 bits per heavy atom. The molecule has 0 aliphatic heterocycles. The van der Waals surface area contributed by atoms with Crippen LogP contribution < -0.4 is 11.1 Å². The van der Waals surface area contributed by atoms with Crippen LogP contribution in [0, 0.1) is 0 Å². The molecule has 0 saturated carbocycles. The van der Waals surface area contributed by atoms with Crippen LogP contribution in [0.25, 0.3) is 0 Å². The Bertz CT molecular complexity index is 539. The maximum absolute atomic E-state index is 11.5. The molecule has 1 amide bonds. The summed E-state index contributed by atoms with van der Waals surface area (Å²) < 4.78 is 6.82. The van der Waals surface area contributed by atoms with E-state index >= 15 is 0 Å². The molecule has 0 saturated heterocycles. The smallest absolute Gasteiger partial charge is 0.250 e. The van der Waals surface area contributed by atoms with Gasteiger partial charge in [0, 0.05) is 12.7 Å². The summed E-state index contributed by atoms with van der Waals surface area (Å²) in [5.74, 6) is -0.210. The van der Waals surface area contributed by atoms with Crippen molar-refractivity contribution in [3.8, 4) is 0 Å². The predicted molar refractivity (Wildman–Crippen MR) is 76.3 cm³/mol. The molecule has 0 unspecified atom stereocenters. The maximum atomic E-state index is 11.5. The van der Waals surface area contributed by atoms with Crippen LogP contribution in [-0.4, -0.2) is 35.4 Å². The van der Waals surface area contributed by atoms with Crippen LogP contribution in [0.15, 0.2) is 42.7 Å². The number of aromatic nitrogens is 2. The number of rotatable bonds is 7. The Hall–Kier alpha value is -2.18. The van der Waals surface area contributed by atoms with Crippen molar-refractivity contribution in [3.63, 3.8) is 0 Å². The van der Waals surface area contributed by atoms with Gasteiger partial charge < -0.3 is 15.8 Å². The second-order valence-corrected chi connectivity index (χ2v) is 4.30.